The molecule has 0 aliphatic carbocycles. The molecular formula is C22H27N3O3. The Kier molecular flexibility index (Phi) is 6.19. The van der Waals surface area contributed by atoms with Crippen LogP contribution in [0.5, 0.6) is 11.5 Å². The van der Waals surface area contributed by atoms with Crippen molar-refractivity contribution >= 4 is 17.2 Å². The normalized spacial score (nSPS) is 11.0. The van der Waals surface area contributed by atoms with Crippen molar-refractivity contribution in [2.75, 3.05) is 18.5 Å². The first kappa shape index (κ1) is 19.7. The molecule has 0 unspecified atom stereocenters. The molecule has 1 N–H and O–H groups in total. The highest BCUT2D eigenvalue weighted by Crippen LogP contribution is 2.24. The zero-order chi connectivity index (χ0) is 20.1. The van der Waals surface area contributed by atoms with Gasteiger partial charge in [0.2, 0.25) is 0 Å². The van der Waals surface area contributed by atoms with Crippen molar-refractivity contribution < 1.29 is 14.3 Å². The van der Waals surface area contributed by atoms with Crippen LogP contribution in [0, 0.1) is 5.92 Å². The maximum absolute atomic E-state index is 13.0. The summed E-state index contributed by atoms with van der Waals surface area (Å²) in [4.78, 5) is 17.6. The average molecular weight is 381 g/mol. The van der Waals surface area contributed by atoms with E-state index in [1.54, 1.807) is 4.40 Å². The zero-order valence-corrected chi connectivity index (χ0v) is 16.9. The molecule has 0 radical (unpaired) electrons. The van der Waals surface area contributed by atoms with Crippen molar-refractivity contribution in [2.24, 2.45) is 5.92 Å². The first-order valence-corrected chi connectivity index (χ1v) is 9.70. The predicted molar refractivity (Wildman–Crippen MR) is 110 cm³/mol. The number of aromatic nitrogens is 2. The molecule has 3 aromatic rings. The molecule has 0 atom stereocenters. The number of aryl methyl sites for hydroxylation is 1. The van der Waals surface area contributed by atoms with E-state index in [2.05, 4.69) is 24.1 Å². The number of anilines is 1. The molecule has 3 rings (SSSR count). The maximum Gasteiger partial charge on any atom is 0.274 e. The monoisotopic (exact) mass is 381 g/mol. The molecule has 0 aliphatic heterocycles. The lowest BCUT2D eigenvalue weighted by molar-refractivity contribution is 0.102. The van der Waals surface area contributed by atoms with Gasteiger partial charge in [-0.1, -0.05) is 20.8 Å². The van der Waals surface area contributed by atoms with Gasteiger partial charge in [-0.3, -0.25) is 9.20 Å². The maximum atomic E-state index is 13.0. The van der Waals surface area contributed by atoms with Crippen molar-refractivity contribution in [2.45, 2.75) is 34.1 Å². The molecule has 6 nitrogen and oxygen atoms in total. The molecule has 0 saturated heterocycles. The van der Waals surface area contributed by atoms with Gasteiger partial charge in [0.15, 0.2) is 11.4 Å². The summed E-state index contributed by atoms with van der Waals surface area (Å²) >= 11 is 0. The van der Waals surface area contributed by atoms with Crippen LogP contribution in [0.4, 0.5) is 5.69 Å². The zero-order valence-electron chi connectivity index (χ0n) is 16.9. The van der Waals surface area contributed by atoms with Crippen LogP contribution in [0.2, 0.25) is 0 Å². The number of hydrogen-bond donors (Lipinski definition) is 1. The predicted octanol–water partition coefficient (Wildman–Crippen LogP) is 4.58. The van der Waals surface area contributed by atoms with E-state index in [9.17, 15) is 4.79 Å². The Morgan fingerprint density at radius 2 is 1.89 bits per heavy atom. The van der Waals surface area contributed by atoms with E-state index in [4.69, 9.17) is 9.47 Å². The summed E-state index contributed by atoms with van der Waals surface area (Å²) in [6.07, 6.45) is 2.49. The van der Waals surface area contributed by atoms with Crippen molar-refractivity contribution in [3.8, 4) is 11.5 Å². The molecule has 0 bridgehead atoms. The van der Waals surface area contributed by atoms with E-state index in [-0.39, 0.29) is 5.91 Å². The molecule has 2 heterocycles. The van der Waals surface area contributed by atoms with Crippen molar-refractivity contribution in [1.82, 2.24) is 9.38 Å². The summed E-state index contributed by atoms with van der Waals surface area (Å²) < 4.78 is 13.1. The molecule has 2 aromatic heterocycles. The average Bonchev–Trinajstić information content (AvgIpc) is 3.07. The minimum atomic E-state index is -0.200. The smallest absolute Gasteiger partial charge is 0.274 e. The van der Waals surface area contributed by atoms with Gasteiger partial charge in [0.25, 0.3) is 5.91 Å². The first-order chi connectivity index (χ1) is 13.5. The third-order valence-corrected chi connectivity index (χ3v) is 4.23. The van der Waals surface area contributed by atoms with Crippen LogP contribution in [-0.2, 0) is 6.42 Å². The number of ether oxygens (including phenoxy) is 2. The molecule has 148 valence electrons. The summed E-state index contributed by atoms with van der Waals surface area (Å²) in [5.41, 5.74) is 2.63. The molecule has 0 aliphatic rings. The first-order valence-electron chi connectivity index (χ1n) is 9.70. The Bertz CT molecular complexity index is 946. The minimum absolute atomic E-state index is 0.200. The van der Waals surface area contributed by atoms with Crippen LogP contribution in [0.15, 0.2) is 42.6 Å². The van der Waals surface area contributed by atoms with Gasteiger partial charge in [0, 0.05) is 11.9 Å². The lowest BCUT2D eigenvalue weighted by Crippen LogP contribution is -2.16. The second-order valence-corrected chi connectivity index (χ2v) is 6.94. The molecular weight excluding hydrogens is 354 g/mol. The Morgan fingerprint density at radius 1 is 1.14 bits per heavy atom. The number of nitrogens with one attached hydrogen (secondary N) is 1. The Morgan fingerprint density at radius 3 is 2.54 bits per heavy atom. The van der Waals surface area contributed by atoms with Gasteiger partial charge < -0.3 is 14.8 Å². The fourth-order valence-corrected chi connectivity index (χ4v) is 2.93. The Hall–Kier alpha value is -3.02. The molecule has 6 heteroatoms. The largest absolute Gasteiger partial charge is 0.493 e. The molecule has 0 saturated carbocycles. The molecule has 28 heavy (non-hydrogen) atoms. The third kappa shape index (κ3) is 4.27. The van der Waals surface area contributed by atoms with Crippen LogP contribution >= 0.6 is 0 Å². The number of fused-ring (bicyclic) bond motifs is 1. The standard InChI is InChI=1S/C22H27N3O3/c1-5-18-20(25-13-7-8-19(27-6-2)21(25)24-18)22(26)23-16-9-11-17(12-10-16)28-14-15(3)4/h7-13,15H,5-6,14H2,1-4H3,(H,23,26). The topological polar surface area (TPSA) is 64.9 Å². The Balaban J connectivity index is 1.84. The third-order valence-electron chi connectivity index (χ3n) is 4.23. The van der Waals surface area contributed by atoms with Gasteiger partial charge >= 0.3 is 0 Å². The fourth-order valence-electron chi connectivity index (χ4n) is 2.93. The van der Waals surface area contributed by atoms with E-state index in [1.807, 2.05) is 56.4 Å². The lowest BCUT2D eigenvalue weighted by atomic mass is 10.2. The second-order valence-electron chi connectivity index (χ2n) is 6.94. The van der Waals surface area contributed by atoms with Gasteiger partial charge in [0.1, 0.15) is 11.4 Å². The van der Waals surface area contributed by atoms with Crippen LogP contribution in [0.1, 0.15) is 43.9 Å². The van der Waals surface area contributed by atoms with Gasteiger partial charge in [-0.15, -0.1) is 0 Å². The van der Waals surface area contributed by atoms with E-state index < -0.39 is 0 Å². The number of rotatable bonds is 8. The summed E-state index contributed by atoms with van der Waals surface area (Å²) in [6, 6.07) is 11.1. The van der Waals surface area contributed by atoms with E-state index in [0.29, 0.717) is 48.3 Å². The quantitative estimate of drug-likeness (QED) is 0.620. The highest BCUT2D eigenvalue weighted by Gasteiger charge is 2.20. The van der Waals surface area contributed by atoms with Crippen LogP contribution in [0.3, 0.4) is 0 Å². The van der Waals surface area contributed by atoms with Crippen LogP contribution in [0.25, 0.3) is 5.65 Å². The summed E-state index contributed by atoms with van der Waals surface area (Å²) in [5.74, 6) is 1.72. The van der Waals surface area contributed by atoms with E-state index in [0.717, 1.165) is 11.4 Å². The highest BCUT2D eigenvalue weighted by atomic mass is 16.5. The lowest BCUT2D eigenvalue weighted by Gasteiger charge is -2.10. The number of pyridine rings is 1. The molecule has 0 spiro atoms. The number of benzene rings is 1. The fraction of sp³-hybridized carbons (Fsp3) is 0.364. The number of carbonyl (C=O) groups is 1. The number of amides is 1. The number of hydrogen-bond acceptors (Lipinski definition) is 4. The molecule has 1 amide bonds. The van der Waals surface area contributed by atoms with E-state index in [1.165, 1.54) is 0 Å². The van der Waals surface area contributed by atoms with Gasteiger partial charge in [-0.05, 0) is 55.7 Å². The number of carbonyl (C=O) groups excluding carboxylic acids is 1. The van der Waals surface area contributed by atoms with Gasteiger partial charge in [-0.25, -0.2) is 4.98 Å². The summed E-state index contributed by atoms with van der Waals surface area (Å²) in [6.45, 7) is 9.32. The minimum Gasteiger partial charge on any atom is -0.493 e. The summed E-state index contributed by atoms with van der Waals surface area (Å²) in [5, 5.41) is 2.96. The second kappa shape index (κ2) is 8.78. The van der Waals surface area contributed by atoms with Gasteiger partial charge in [-0.2, -0.15) is 0 Å². The van der Waals surface area contributed by atoms with Crippen molar-refractivity contribution in [3.05, 3.63) is 54.0 Å². The van der Waals surface area contributed by atoms with Gasteiger partial charge in [0.05, 0.1) is 18.9 Å². The SMILES string of the molecule is CCOc1cccn2c(C(=O)Nc3ccc(OCC(C)C)cc3)c(CC)nc12. The number of imidazole rings is 1. The van der Waals surface area contributed by atoms with Crippen LogP contribution < -0.4 is 14.8 Å². The van der Waals surface area contributed by atoms with E-state index >= 15 is 0 Å². The molecule has 0 fully saturated rings. The molecule has 1 aromatic carbocycles. The Labute approximate surface area is 165 Å². The van der Waals surface area contributed by atoms with Crippen LogP contribution in [-0.4, -0.2) is 28.5 Å². The summed E-state index contributed by atoms with van der Waals surface area (Å²) in [7, 11) is 0. The van der Waals surface area contributed by atoms with Crippen molar-refractivity contribution in [1.29, 1.82) is 0 Å². The number of nitrogens with zero attached hydrogens (tertiary/aromatic N) is 2. The highest BCUT2D eigenvalue weighted by molar-refractivity contribution is 6.04. The van der Waals surface area contributed by atoms with Crippen molar-refractivity contribution in [3.63, 3.8) is 0 Å².